The zero-order valence-electron chi connectivity index (χ0n) is 10.9. The van der Waals surface area contributed by atoms with Crippen LogP contribution in [0.4, 0.5) is 13.2 Å². The zero-order chi connectivity index (χ0) is 14.6. The molecule has 0 aliphatic rings. The molecule has 1 atom stereocenters. The molecule has 1 aromatic rings. The average Bonchev–Trinajstić information content (AvgIpc) is 2.34. The Kier molecular flexibility index (Phi) is 4.88. The number of hydrogen-bond acceptors (Lipinski definition) is 4. The van der Waals surface area contributed by atoms with Gasteiger partial charge in [0.2, 0.25) is 0 Å². The third-order valence-electron chi connectivity index (χ3n) is 2.58. The van der Waals surface area contributed by atoms with E-state index < -0.39 is 18.6 Å². The summed E-state index contributed by atoms with van der Waals surface area (Å²) >= 11 is 0. The van der Waals surface area contributed by atoms with Gasteiger partial charge in [-0.1, -0.05) is 0 Å². The smallest absolute Gasteiger partial charge is 0.390 e. The third kappa shape index (κ3) is 3.92. The van der Waals surface area contributed by atoms with E-state index in [1.807, 2.05) is 0 Å². The normalized spacial score (nSPS) is 13.0. The molecule has 7 heteroatoms. The van der Waals surface area contributed by atoms with Crippen LogP contribution in [0.1, 0.15) is 18.0 Å². The highest BCUT2D eigenvalue weighted by Gasteiger charge is 2.33. The highest BCUT2D eigenvalue weighted by molar-refractivity contribution is 5.52. The van der Waals surface area contributed by atoms with Gasteiger partial charge in [-0.2, -0.15) is 13.2 Å². The van der Waals surface area contributed by atoms with Crippen molar-refractivity contribution in [2.75, 3.05) is 21.3 Å². The van der Waals surface area contributed by atoms with Crippen LogP contribution in [-0.4, -0.2) is 27.5 Å². The average molecular weight is 279 g/mol. The summed E-state index contributed by atoms with van der Waals surface area (Å²) in [4.78, 5) is 0. The van der Waals surface area contributed by atoms with Crippen molar-refractivity contribution in [2.45, 2.75) is 18.6 Å². The Hall–Kier alpha value is -1.63. The predicted molar refractivity (Wildman–Crippen MR) is 63.7 cm³/mol. The quantitative estimate of drug-likeness (QED) is 0.900. The minimum atomic E-state index is -4.37. The molecule has 0 unspecified atom stereocenters. The minimum Gasteiger partial charge on any atom is -0.496 e. The molecule has 0 saturated carbocycles. The summed E-state index contributed by atoms with van der Waals surface area (Å²) in [5.74, 6) is 0.817. The molecule has 0 aliphatic carbocycles. The second kappa shape index (κ2) is 6.01. The number of hydrogen-bond donors (Lipinski definition) is 1. The van der Waals surface area contributed by atoms with Crippen molar-refractivity contribution in [3.05, 3.63) is 17.7 Å². The fraction of sp³-hybridized carbons (Fsp3) is 0.500. The van der Waals surface area contributed by atoms with Gasteiger partial charge < -0.3 is 19.9 Å². The van der Waals surface area contributed by atoms with E-state index in [2.05, 4.69) is 0 Å². The first kappa shape index (κ1) is 15.4. The number of halogens is 3. The van der Waals surface area contributed by atoms with Crippen molar-refractivity contribution in [3.8, 4) is 17.2 Å². The van der Waals surface area contributed by atoms with Gasteiger partial charge in [0.15, 0.2) is 0 Å². The summed E-state index contributed by atoms with van der Waals surface area (Å²) in [6, 6.07) is 1.66. The van der Waals surface area contributed by atoms with Crippen molar-refractivity contribution >= 4 is 0 Å². The SMILES string of the molecule is COc1cc(OC)c([C@@H](N)CC(F)(F)F)c(OC)c1. The van der Waals surface area contributed by atoms with Crippen LogP contribution in [0.25, 0.3) is 0 Å². The number of rotatable bonds is 5. The molecule has 4 nitrogen and oxygen atoms in total. The van der Waals surface area contributed by atoms with Crippen molar-refractivity contribution < 1.29 is 27.4 Å². The molecular formula is C12H16F3NO3. The van der Waals surface area contributed by atoms with Crippen LogP contribution < -0.4 is 19.9 Å². The third-order valence-corrected chi connectivity index (χ3v) is 2.58. The van der Waals surface area contributed by atoms with Crippen LogP contribution in [0, 0.1) is 0 Å². The Morgan fingerprint density at radius 2 is 1.53 bits per heavy atom. The van der Waals surface area contributed by atoms with Gasteiger partial charge >= 0.3 is 6.18 Å². The van der Waals surface area contributed by atoms with Crippen molar-refractivity contribution in [1.29, 1.82) is 0 Å². The van der Waals surface area contributed by atoms with Gasteiger partial charge in [0.05, 0.1) is 33.3 Å². The van der Waals surface area contributed by atoms with Crippen molar-refractivity contribution in [2.24, 2.45) is 5.73 Å². The first-order chi connectivity index (χ1) is 8.82. The molecule has 0 amide bonds. The molecule has 0 aliphatic heterocycles. The maximum atomic E-state index is 12.4. The molecule has 0 heterocycles. The number of ether oxygens (including phenoxy) is 3. The lowest BCUT2D eigenvalue weighted by atomic mass is 10.0. The molecule has 0 spiro atoms. The molecule has 0 bridgehead atoms. The van der Waals surface area contributed by atoms with Gasteiger partial charge in [0.1, 0.15) is 17.2 Å². The number of alkyl halides is 3. The fourth-order valence-electron chi connectivity index (χ4n) is 1.75. The van der Waals surface area contributed by atoms with Crippen LogP contribution in [0.3, 0.4) is 0 Å². The summed E-state index contributed by atoms with van der Waals surface area (Å²) in [5.41, 5.74) is 5.77. The lowest BCUT2D eigenvalue weighted by Gasteiger charge is -2.20. The van der Waals surface area contributed by atoms with E-state index in [0.717, 1.165) is 0 Å². The van der Waals surface area contributed by atoms with Crippen molar-refractivity contribution in [3.63, 3.8) is 0 Å². The molecule has 2 N–H and O–H groups in total. The van der Waals surface area contributed by atoms with Crippen LogP contribution in [-0.2, 0) is 0 Å². The van der Waals surface area contributed by atoms with Crippen LogP contribution in [0.15, 0.2) is 12.1 Å². The fourth-order valence-corrected chi connectivity index (χ4v) is 1.75. The molecule has 108 valence electrons. The first-order valence-electron chi connectivity index (χ1n) is 5.44. The van der Waals surface area contributed by atoms with Gasteiger partial charge in [0.25, 0.3) is 0 Å². The minimum absolute atomic E-state index is 0.170. The van der Waals surface area contributed by atoms with E-state index in [1.54, 1.807) is 0 Å². The molecule has 0 radical (unpaired) electrons. The van der Waals surface area contributed by atoms with E-state index in [1.165, 1.54) is 33.5 Å². The summed E-state index contributed by atoms with van der Waals surface area (Å²) in [6.07, 6.45) is -5.53. The van der Waals surface area contributed by atoms with Crippen molar-refractivity contribution in [1.82, 2.24) is 0 Å². The molecule has 0 fully saturated rings. The van der Waals surface area contributed by atoms with Crippen LogP contribution >= 0.6 is 0 Å². The van der Waals surface area contributed by atoms with Crippen LogP contribution in [0.5, 0.6) is 17.2 Å². The molecule has 1 rings (SSSR count). The molecular weight excluding hydrogens is 263 g/mol. The number of nitrogens with two attached hydrogens (primary N) is 1. The Morgan fingerprint density at radius 1 is 1.05 bits per heavy atom. The van der Waals surface area contributed by atoms with E-state index in [9.17, 15) is 13.2 Å². The summed E-state index contributed by atoms with van der Waals surface area (Å²) in [7, 11) is 4.12. The van der Waals surface area contributed by atoms with E-state index in [0.29, 0.717) is 5.75 Å². The predicted octanol–water partition coefficient (Wildman–Crippen LogP) is 2.66. The zero-order valence-corrected chi connectivity index (χ0v) is 10.9. The molecule has 1 aromatic carbocycles. The Bertz CT molecular complexity index is 410. The van der Waals surface area contributed by atoms with Gasteiger partial charge in [-0.15, -0.1) is 0 Å². The van der Waals surface area contributed by atoms with Gasteiger partial charge in [-0.3, -0.25) is 0 Å². The Morgan fingerprint density at radius 3 is 1.84 bits per heavy atom. The number of benzene rings is 1. The first-order valence-corrected chi connectivity index (χ1v) is 5.44. The topological polar surface area (TPSA) is 53.7 Å². The maximum Gasteiger partial charge on any atom is 0.390 e. The second-order valence-electron chi connectivity index (χ2n) is 3.87. The maximum absolute atomic E-state index is 12.4. The van der Waals surface area contributed by atoms with Gasteiger partial charge in [-0.25, -0.2) is 0 Å². The lowest BCUT2D eigenvalue weighted by molar-refractivity contribution is -0.138. The summed E-state index contributed by atoms with van der Waals surface area (Å²) < 4.78 is 52.4. The van der Waals surface area contributed by atoms with E-state index in [-0.39, 0.29) is 17.1 Å². The highest BCUT2D eigenvalue weighted by atomic mass is 19.4. The summed E-state index contributed by atoms with van der Waals surface area (Å²) in [6.45, 7) is 0. The van der Waals surface area contributed by atoms with Gasteiger partial charge in [-0.05, 0) is 0 Å². The largest absolute Gasteiger partial charge is 0.496 e. The molecule has 0 saturated heterocycles. The van der Waals surface area contributed by atoms with E-state index in [4.69, 9.17) is 19.9 Å². The summed E-state index contributed by atoms with van der Waals surface area (Å²) in [5, 5.41) is 0. The lowest BCUT2D eigenvalue weighted by Crippen LogP contribution is -2.21. The highest BCUT2D eigenvalue weighted by Crippen LogP contribution is 2.40. The standard InChI is InChI=1S/C12H16F3NO3/c1-17-7-4-9(18-2)11(10(5-7)19-3)8(16)6-12(13,14)15/h4-5,8H,6,16H2,1-3H3/t8-/m0/s1. The second-order valence-corrected chi connectivity index (χ2v) is 3.87. The monoisotopic (exact) mass is 279 g/mol. The Balaban J connectivity index is 3.23. The van der Waals surface area contributed by atoms with Gasteiger partial charge in [0, 0.05) is 18.2 Å². The van der Waals surface area contributed by atoms with E-state index >= 15 is 0 Å². The molecule has 19 heavy (non-hydrogen) atoms. The Labute approximate surface area is 109 Å². The molecule has 0 aromatic heterocycles. The van der Waals surface area contributed by atoms with Crippen LogP contribution in [0.2, 0.25) is 0 Å². The number of methoxy groups -OCH3 is 3.